The Morgan fingerprint density at radius 2 is 1.72 bits per heavy atom. The average molecular weight is 388 g/mol. The van der Waals surface area contributed by atoms with Crippen molar-refractivity contribution in [1.29, 1.82) is 0 Å². The summed E-state index contributed by atoms with van der Waals surface area (Å²) in [6, 6.07) is 24.9. The van der Waals surface area contributed by atoms with Gasteiger partial charge in [-0.1, -0.05) is 54.6 Å². The second-order valence-electron chi connectivity index (χ2n) is 8.05. The third-order valence-corrected chi connectivity index (χ3v) is 6.21. The van der Waals surface area contributed by atoms with Gasteiger partial charge >= 0.3 is 0 Å². The molecule has 6 rings (SSSR count). The van der Waals surface area contributed by atoms with E-state index in [0.717, 1.165) is 36.5 Å². The molecule has 0 aliphatic carbocycles. The molecule has 0 amide bonds. The van der Waals surface area contributed by atoms with Crippen molar-refractivity contribution in [3.63, 3.8) is 0 Å². The summed E-state index contributed by atoms with van der Waals surface area (Å²) in [5.41, 5.74) is 4.73. The zero-order chi connectivity index (χ0) is 19.8. The Bertz CT molecular complexity index is 992. The average Bonchev–Trinajstić information content (AvgIpc) is 2.74. The van der Waals surface area contributed by atoms with E-state index in [4.69, 9.17) is 4.74 Å². The highest BCUT2D eigenvalue weighted by Gasteiger charge is 2.46. The highest BCUT2D eigenvalue weighted by atomic mass is 19.1. The molecule has 3 saturated heterocycles. The van der Waals surface area contributed by atoms with Crippen molar-refractivity contribution >= 4 is 0 Å². The molecule has 1 N–H and O–H groups in total. The number of para-hydroxylation sites is 1. The fourth-order valence-electron chi connectivity index (χ4n) is 4.86. The highest BCUT2D eigenvalue weighted by molar-refractivity contribution is 5.70. The van der Waals surface area contributed by atoms with E-state index in [9.17, 15) is 4.39 Å². The third kappa shape index (κ3) is 3.54. The number of piperidine rings is 1. The second kappa shape index (κ2) is 7.62. The smallest absolute Gasteiger partial charge is 0.126 e. The maximum Gasteiger partial charge on any atom is 0.126 e. The monoisotopic (exact) mass is 388 g/mol. The number of halogens is 1. The van der Waals surface area contributed by atoms with Gasteiger partial charge in [-0.15, -0.1) is 0 Å². The Hall–Kier alpha value is -2.69. The van der Waals surface area contributed by atoms with E-state index >= 15 is 0 Å². The van der Waals surface area contributed by atoms with Gasteiger partial charge in [0, 0.05) is 43.2 Å². The zero-order valence-electron chi connectivity index (χ0n) is 16.5. The molecule has 29 heavy (non-hydrogen) atoms. The van der Waals surface area contributed by atoms with Crippen molar-refractivity contribution in [2.24, 2.45) is 0 Å². The van der Waals surface area contributed by atoms with Crippen LogP contribution in [0, 0.1) is 5.82 Å². The van der Waals surface area contributed by atoms with E-state index in [2.05, 4.69) is 40.5 Å². The Balaban J connectivity index is 1.27. The number of rotatable bonds is 5. The van der Waals surface area contributed by atoms with Crippen molar-refractivity contribution in [3.8, 4) is 16.9 Å². The van der Waals surface area contributed by atoms with Gasteiger partial charge in [-0.2, -0.15) is 0 Å². The number of fused-ring (bicyclic) bond motifs is 2. The van der Waals surface area contributed by atoms with Crippen LogP contribution in [0.4, 0.5) is 4.39 Å². The Morgan fingerprint density at radius 3 is 2.45 bits per heavy atom. The van der Waals surface area contributed by atoms with E-state index in [1.165, 1.54) is 17.2 Å². The molecule has 0 spiro atoms. The summed E-state index contributed by atoms with van der Waals surface area (Å²) in [6.45, 7) is 2.80. The van der Waals surface area contributed by atoms with Crippen LogP contribution in [-0.2, 0) is 6.54 Å². The fourth-order valence-corrected chi connectivity index (χ4v) is 4.86. The summed E-state index contributed by atoms with van der Waals surface area (Å²) in [7, 11) is 1.71. The lowest BCUT2D eigenvalue weighted by molar-refractivity contribution is 0.0470. The maximum atomic E-state index is 13.5. The number of hydrogen-bond donors (Lipinski definition) is 1. The number of nitrogens with one attached hydrogen (secondary N) is 1. The quantitative estimate of drug-likeness (QED) is 0.699. The summed E-state index contributed by atoms with van der Waals surface area (Å²) >= 11 is 0. The first-order valence-electron chi connectivity index (χ1n) is 10.2. The molecule has 3 aliphatic rings. The molecular weight excluding hydrogens is 363 g/mol. The lowest BCUT2D eigenvalue weighted by atomic mass is 9.74. The number of benzene rings is 3. The summed E-state index contributed by atoms with van der Waals surface area (Å²) in [6.07, 6.45) is 0. The molecule has 0 saturated carbocycles. The van der Waals surface area contributed by atoms with Gasteiger partial charge < -0.3 is 10.1 Å². The molecule has 3 heterocycles. The van der Waals surface area contributed by atoms with Crippen LogP contribution in [-0.4, -0.2) is 37.2 Å². The van der Waals surface area contributed by atoms with Crippen LogP contribution in [0.2, 0.25) is 0 Å². The lowest BCUT2D eigenvalue weighted by Crippen LogP contribution is -2.71. The highest BCUT2D eigenvalue weighted by Crippen LogP contribution is 2.38. The molecule has 4 heteroatoms. The van der Waals surface area contributed by atoms with Crippen LogP contribution >= 0.6 is 0 Å². The van der Waals surface area contributed by atoms with Crippen LogP contribution in [0.25, 0.3) is 11.1 Å². The Morgan fingerprint density at radius 1 is 0.966 bits per heavy atom. The number of piperazine rings is 1. The van der Waals surface area contributed by atoms with Gasteiger partial charge in [-0.25, -0.2) is 4.39 Å². The second-order valence-corrected chi connectivity index (χ2v) is 8.05. The molecule has 0 radical (unpaired) electrons. The summed E-state index contributed by atoms with van der Waals surface area (Å²) in [5.74, 6) is 1.29. The predicted molar refractivity (Wildman–Crippen MR) is 114 cm³/mol. The van der Waals surface area contributed by atoms with Gasteiger partial charge in [0.2, 0.25) is 0 Å². The molecule has 3 aromatic rings. The maximum absolute atomic E-state index is 13.5. The first-order chi connectivity index (χ1) is 14.2. The van der Waals surface area contributed by atoms with Crippen LogP contribution in [0.3, 0.4) is 0 Å². The SMILES string of the molecule is COc1ccccc1-c1ccc(C2[C@@H]3CN(Cc4cccc(F)c4)C[C@H]2N3)cc1. The minimum atomic E-state index is -0.157. The van der Waals surface area contributed by atoms with E-state index in [1.807, 2.05) is 24.3 Å². The van der Waals surface area contributed by atoms with Crippen molar-refractivity contribution in [2.75, 3.05) is 20.2 Å². The number of methoxy groups -OCH3 is 1. The number of hydrogen-bond acceptors (Lipinski definition) is 3. The van der Waals surface area contributed by atoms with E-state index in [-0.39, 0.29) is 5.82 Å². The zero-order valence-corrected chi connectivity index (χ0v) is 16.5. The molecule has 0 aromatic heterocycles. The van der Waals surface area contributed by atoms with Crippen LogP contribution < -0.4 is 10.1 Å². The molecular formula is C25H25FN2O. The standard InChI is InChI=1S/C25H25FN2O/c1-29-24-8-3-2-7-21(24)18-9-11-19(12-10-18)25-22-15-28(16-23(25)27-22)14-17-5-4-6-20(26)13-17/h2-13,22-23,25,27H,14-16H2,1H3/t22-,23+,25?. The van der Waals surface area contributed by atoms with E-state index in [1.54, 1.807) is 19.2 Å². The fraction of sp³-hybridized carbons (Fsp3) is 0.280. The summed E-state index contributed by atoms with van der Waals surface area (Å²) < 4.78 is 19.0. The molecule has 3 atom stereocenters. The lowest BCUT2D eigenvalue weighted by Gasteiger charge is -2.55. The topological polar surface area (TPSA) is 24.5 Å². The van der Waals surface area contributed by atoms with Gasteiger partial charge in [0.25, 0.3) is 0 Å². The minimum Gasteiger partial charge on any atom is -0.496 e. The van der Waals surface area contributed by atoms with Gasteiger partial charge in [0.1, 0.15) is 11.6 Å². The summed E-state index contributed by atoms with van der Waals surface area (Å²) in [4.78, 5) is 2.43. The molecule has 3 aliphatic heterocycles. The van der Waals surface area contributed by atoms with Crippen molar-refractivity contribution in [1.82, 2.24) is 10.2 Å². The van der Waals surface area contributed by atoms with Crippen LogP contribution in [0.15, 0.2) is 72.8 Å². The number of ether oxygens (including phenoxy) is 1. The van der Waals surface area contributed by atoms with Gasteiger partial charge in [0.15, 0.2) is 0 Å². The normalized spacial score (nSPS) is 23.4. The third-order valence-electron chi connectivity index (χ3n) is 6.21. The summed E-state index contributed by atoms with van der Waals surface area (Å²) in [5, 5.41) is 3.68. The first-order valence-corrected chi connectivity index (χ1v) is 10.2. The van der Waals surface area contributed by atoms with Crippen LogP contribution in [0.5, 0.6) is 5.75 Å². The van der Waals surface area contributed by atoms with Gasteiger partial charge in [0.05, 0.1) is 7.11 Å². The Labute approximate surface area is 171 Å². The van der Waals surface area contributed by atoms with Crippen molar-refractivity contribution < 1.29 is 9.13 Å². The molecule has 2 bridgehead atoms. The molecule has 3 aromatic carbocycles. The van der Waals surface area contributed by atoms with Gasteiger partial charge in [-0.3, -0.25) is 4.90 Å². The number of nitrogens with zero attached hydrogens (tertiary/aromatic N) is 1. The molecule has 3 nitrogen and oxygen atoms in total. The van der Waals surface area contributed by atoms with E-state index in [0.29, 0.717) is 18.0 Å². The predicted octanol–water partition coefficient (Wildman–Crippen LogP) is 4.44. The molecule has 3 fully saturated rings. The van der Waals surface area contributed by atoms with Crippen molar-refractivity contribution in [2.45, 2.75) is 24.5 Å². The first kappa shape index (κ1) is 18.3. The molecule has 148 valence electrons. The largest absolute Gasteiger partial charge is 0.496 e. The minimum absolute atomic E-state index is 0.157. The van der Waals surface area contributed by atoms with E-state index < -0.39 is 0 Å². The van der Waals surface area contributed by atoms with Gasteiger partial charge in [-0.05, 0) is 34.9 Å². The van der Waals surface area contributed by atoms with Crippen LogP contribution in [0.1, 0.15) is 17.0 Å². The van der Waals surface area contributed by atoms with Crippen molar-refractivity contribution in [3.05, 3.63) is 89.7 Å². The molecule has 1 unspecified atom stereocenters. The Kier molecular flexibility index (Phi) is 4.82.